The van der Waals surface area contributed by atoms with Crippen LogP contribution in [0.2, 0.25) is 0 Å². The predicted octanol–water partition coefficient (Wildman–Crippen LogP) is 1.05. The van der Waals surface area contributed by atoms with Crippen LogP contribution in [0.1, 0.15) is 12.0 Å². The van der Waals surface area contributed by atoms with Gasteiger partial charge in [-0.3, -0.25) is 4.90 Å². The quantitative estimate of drug-likeness (QED) is 0.812. The van der Waals surface area contributed by atoms with Crippen LogP contribution in [-0.4, -0.2) is 51.9 Å². The summed E-state index contributed by atoms with van der Waals surface area (Å²) in [6.45, 7) is 2.15. The minimum Gasteiger partial charge on any atom is -0.380 e. The molecule has 108 valence electrons. The lowest BCUT2D eigenvalue weighted by molar-refractivity contribution is 0.109. The molecule has 0 spiro atoms. The lowest BCUT2D eigenvalue weighted by Crippen LogP contribution is -2.28. The van der Waals surface area contributed by atoms with Crippen molar-refractivity contribution < 1.29 is 13.2 Å². The van der Waals surface area contributed by atoms with Crippen LogP contribution in [0.25, 0.3) is 0 Å². The zero-order valence-electron chi connectivity index (χ0n) is 11.4. The molecule has 1 aromatic rings. The van der Waals surface area contributed by atoms with E-state index in [0.29, 0.717) is 12.1 Å². The van der Waals surface area contributed by atoms with Gasteiger partial charge >= 0.3 is 0 Å². The number of likely N-dealkylation sites (tertiary alicyclic amines) is 1. The van der Waals surface area contributed by atoms with Crippen molar-refractivity contribution in [2.75, 3.05) is 32.5 Å². The fourth-order valence-corrected chi connectivity index (χ4v) is 3.65. The molecule has 1 aromatic carbocycles. The van der Waals surface area contributed by atoms with Crippen molar-refractivity contribution in [1.29, 1.82) is 5.26 Å². The summed E-state index contributed by atoms with van der Waals surface area (Å²) >= 11 is 0. The highest BCUT2D eigenvalue weighted by Crippen LogP contribution is 2.15. The van der Waals surface area contributed by atoms with E-state index in [2.05, 4.69) is 4.90 Å². The van der Waals surface area contributed by atoms with E-state index in [9.17, 15) is 8.42 Å². The molecule has 2 rings (SSSR count). The summed E-state index contributed by atoms with van der Waals surface area (Å²) < 4.78 is 29.7. The van der Waals surface area contributed by atoms with Crippen molar-refractivity contribution in [2.24, 2.45) is 0 Å². The number of methoxy groups -OCH3 is 1. The molecule has 1 heterocycles. The average Bonchev–Trinajstić information content (AvgIpc) is 2.93. The van der Waals surface area contributed by atoms with Crippen LogP contribution in [0.4, 0.5) is 0 Å². The molecule has 0 amide bonds. The number of sulfone groups is 1. The average molecular weight is 294 g/mol. The van der Waals surface area contributed by atoms with Crippen LogP contribution in [0.5, 0.6) is 0 Å². The Kier molecular flexibility index (Phi) is 4.76. The van der Waals surface area contributed by atoms with Gasteiger partial charge in [-0.2, -0.15) is 5.26 Å². The number of hydrogen-bond donors (Lipinski definition) is 0. The molecule has 0 saturated carbocycles. The summed E-state index contributed by atoms with van der Waals surface area (Å²) in [4.78, 5) is 2.32. The Balaban J connectivity index is 1.99. The Morgan fingerprint density at radius 3 is 2.95 bits per heavy atom. The first-order valence-corrected chi connectivity index (χ1v) is 8.18. The van der Waals surface area contributed by atoms with Gasteiger partial charge in [-0.05, 0) is 24.6 Å². The first kappa shape index (κ1) is 15.0. The fraction of sp³-hybridized carbons (Fsp3) is 0.500. The highest BCUT2D eigenvalue weighted by molar-refractivity contribution is 7.91. The molecule has 0 bridgehead atoms. The maximum absolute atomic E-state index is 12.2. The summed E-state index contributed by atoms with van der Waals surface area (Å²) in [5, 5.41) is 8.82. The highest BCUT2D eigenvalue weighted by atomic mass is 32.2. The molecule has 1 unspecified atom stereocenters. The fourth-order valence-electron chi connectivity index (χ4n) is 2.32. The van der Waals surface area contributed by atoms with E-state index in [1.165, 1.54) is 12.1 Å². The van der Waals surface area contributed by atoms with Gasteiger partial charge in [-0.15, -0.1) is 0 Å². The molecule has 0 radical (unpaired) electrons. The number of rotatable bonds is 5. The summed E-state index contributed by atoms with van der Waals surface area (Å²) in [6, 6.07) is 8.13. The summed E-state index contributed by atoms with van der Waals surface area (Å²) in [5.74, 6) is 0.0678. The number of ether oxygens (including phenoxy) is 1. The Labute approximate surface area is 119 Å². The van der Waals surface area contributed by atoms with Crippen LogP contribution in [0, 0.1) is 11.3 Å². The van der Waals surface area contributed by atoms with E-state index >= 15 is 0 Å². The third kappa shape index (κ3) is 3.57. The maximum Gasteiger partial charge on any atom is 0.179 e. The van der Waals surface area contributed by atoms with Crippen molar-refractivity contribution in [1.82, 2.24) is 4.90 Å². The van der Waals surface area contributed by atoms with Gasteiger partial charge in [0.15, 0.2) is 9.84 Å². The van der Waals surface area contributed by atoms with Crippen molar-refractivity contribution in [3.8, 4) is 6.07 Å². The van der Waals surface area contributed by atoms with Gasteiger partial charge in [-0.25, -0.2) is 8.42 Å². The first-order valence-electron chi connectivity index (χ1n) is 6.53. The Hall–Kier alpha value is -1.42. The zero-order chi connectivity index (χ0) is 14.6. The van der Waals surface area contributed by atoms with Crippen molar-refractivity contribution >= 4 is 9.84 Å². The number of nitriles is 1. The van der Waals surface area contributed by atoms with Gasteiger partial charge in [0.05, 0.1) is 28.4 Å². The third-order valence-corrected chi connectivity index (χ3v) is 5.25. The van der Waals surface area contributed by atoms with Gasteiger partial charge in [0.1, 0.15) is 0 Å². The van der Waals surface area contributed by atoms with E-state index in [-0.39, 0.29) is 16.8 Å². The SMILES string of the molecule is COC1CCN(CCS(=O)(=O)c2cccc(C#N)c2)C1. The van der Waals surface area contributed by atoms with Crippen molar-refractivity contribution in [3.05, 3.63) is 29.8 Å². The number of benzene rings is 1. The highest BCUT2D eigenvalue weighted by Gasteiger charge is 2.24. The second-order valence-electron chi connectivity index (χ2n) is 4.91. The van der Waals surface area contributed by atoms with Crippen LogP contribution in [0.15, 0.2) is 29.2 Å². The molecule has 20 heavy (non-hydrogen) atoms. The molecule has 1 aliphatic rings. The predicted molar refractivity (Wildman–Crippen MR) is 75.1 cm³/mol. The molecule has 6 heteroatoms. The Morgan fingerprint density at radius 1 is 1.50 bits per heavy atom. The smallest absolute Gasteiger partial charge is 0.179 e. The van der Waals surface area contributed by atoms with Crippen molar-refractivity contribution in [2.45, 2.75) is 17.4 Å². The van der Waals surface area contributed by atoms with Gasteiger partial charge in [0.25, 0.3) is 0 Å². The third-order valence-electron chi connectivity index (χ3n) is 3.56. The van der Waals surface area contributed by atoms with Crippen LogP contribution in [0.3, 0.4) is 0 Å². The number of hydrogen-bond acceptors (Lipinski definition) is 5. The van der Waals surface area contributed by atoms with E-state index in [4.69, 9.17) is 10.00 Å². The van der Waals surface area contributed by atoms with E-state index in [1.54, 1.807) is 19.2 Å². The van der Waals surface area contributed by atoms with Crippen LogP contribution in [-0.2, 0) is 14.6 Å². The lowest BCUT2D eigenvalue weighted by atomic mass is 10.2. The Morgan fingerprint density at radius 2 is 2.30 bits per heavy atom. The van der Waals surface area contributed by atoms with Crippen LogP contribution >= 0.6 is 0 Å². The minimum atomic E-state index is -3.34. The standard InChI is InChI=1S/C14H18N2O3S/c1-19-13-5-6-16(11-13)7-8-20(17,18)14-4-2-3-12(9-14)10-15/h2-4,9,13H,5-8,11H2,1H3. The van der Waals surface area contributed by atoms with E-state index in [1.807, 2.05) is 6.07 Å². The molecular formula is C14H18N2O3S. The molecule has 5 nitrogen and oxygen atoms in total. The monoisotopic (exact) mass is 294 g/mol. The first-order chi connectivity index (χ1) is 9.55. The van der Waals surface area contributed by atoms with E-state index < -0.39 is 9.84 Å². The van der Waals surface area contributed by atoms with Crippen molar-refractivity contribution in [3.63, 3.8) is 0 Å². The molecule has 0 aliphatic carbocycles. The molecule has 0 aromatic heterocycles. The zero-order valence-corrected chi connectivity index (χ0v) is 12.3. The van der Waals surface area contributed by atoms with Gasteiger partial charge in [-0.1, -0.05) is 6.07 Å². The van der Waals surface area contributed by atoms with Crippen LogP contribution < -0.4 is 0 Å². The minimum absolute atomic E-state index is 0.0678. The summed E-state index contributed by atoms with van der Waals surface area (Å²) in [7, 11) is -1.66. The molecule has 1 aliphatic heterocycles. The van der Waals surface area contributed by atoms with Gasteiger partial charge in [0, 0.05) is 26.7 Å². The second-order valence-corrected chi connectivity index (χ2v) is 7.01. The molecular weight excluding hydrogens is 276 g/mol. The molecule has 1 fully saturated rings. The normalized spacial score (nSPS) is 19.9. The summed E-state index contributed by atoms with van der Waals surface area (Å²) in [5.41, 5.74) is 0.367. The lowest BCUT2D eigenvalue weighted by Gasteiger charge is -2.15. The van der Waals surface area contributed by atoms with Gasteiger partial charge in [0.2, 0.25) is 0 Å². The summed E-state index contributed by atoms with van der Waals surface area (Å²) in [6.07, 6.45) is 1.15. The van der Waals surface area contributed by atoms with Gasteiger partial charge < -0.3 is 4.74 Å². The molecule has 1 atom stereocenters. The van der Waals surface area contributed by atoms with E-state index in [0.717, 1.165) is 19.5 Å². The number of nitrogens with zero attached hydrogens (tertiary/aromatic N) is 2. The molecule has 0 N–H and O–H groups in total. The largest absolute Gasteiger partial charge is 0.380 e. The maximum atomic E-state index is 12.2. The Bertz CT molecular complexity index is 607. The molecule has 1 saturated heterocycles. The topological polar surface area (TPSA) is 70.4 Å². The second kappa shape index (κ2) is 6.35.